The second kappa shape index (κ2) is 73.6. The van der Waals surface area contributed by atoms with Crippen molar-refractivity contribution in [2.45, 2.75) is 18.6 Å². The molecule has 1 atom stereocenters. The van der Waals surface area contributed by atoms with Gasteiger partial charge in [0.2, 0.25) is 0 Å². The topological polar surface area (TPSA) is 272 Å². The first-order valence-electron chi connectivity index (χ1n) is 29.4. The molecule has 0 spiro atoms. The molecule has 83 heavy (non-hydrogen) atoms. The largest absolute Gasteiger partial charge is 0.500 e. The van der Waals surface area contributed by atoms with Gasteiger partial charge in [-0.05, 0) is 6.42 Å². The number of aliphatic hydroxyl groups is 1. The van der Waals surface area contributed by atoms with E-state index in [0.29, 0.717) is 310 Å². The Bertz CT molecular complexity index is 1170. The Balaban J connectivity index is 3.13. The minimum Gasteiger partial charge on any atom is -0.389 e. The highest BCUT2D eigenvalue weighted by atomic mass is 28.4. The van der Waals surface area contributed by atoms with Crippen molar-refractivity contribution in [1.82, 2.24) is 5.32 Å². The fourth-order valence-corrected chi connectivity index (χ4v) is 7.97. The zero-order valence-electron chi connectivity index (χ0n) is 51.3. The van der Waals surface area contributed by atoms with Gasteiger partial charge in [-0.25, -0.2) is 0 Å². The SMILES string of the molecule is COCCOCCOCCOCCOCCOCCOCCOCCOCCOCCOCCOCCOCCOCCOCCOCCOCCOCCOCCOCCOCCOCCNCC(O)COCCC[Si](OC)(OC)OC. The molecule has 0 aromatic carbocycles. The molecule has 0 aliphatic rings. The van der Waals surface area contributed by atoms with E-state index < -0.39 is 14.9 Å². The summed E-state index contributed by atoms with van der Waals surface area (Å²) in [5, 5.41) is 13.2. The van der Waals surface area contributed by atoms with Crippen LogP contribution in [-0.4, -0.2) is 359 Å². The summed E-state index contributed by atoms with van der Waals surface area (Å²) < 4.78 is 142. The molecule has 0 rings (SSSR count). The molecule has 0 aliphatic carbocycles. The van der Waals surface area contributed by atoms with Crippen LogP contribution in [-0.2, 0) is 122 Å². The Morgan fingerprint density at radius 1 is 0.253 bits per heavy atom. The Morgan fingerprint density at radius 2 is 0.446 bits per heavy atom. The third kappa shape index (κ3) is 68.4. The highest BCUT2D eigenvalue weighted by molar-refractivity contribution is 6.60. The minimum atomic E-state index is -2.58. The number of rotatable bonds is 77. The van der Waals surface area contributed by atoms with Crippen molar-refractivity contribution < 1.29 is 127 Å². The lowest BCUT2D eigenvalue weighted by molar-refractivity contribution is -0.0316. The van der Waals surface area contributed by atoms with E-state index in [2.05, 4.69) is 5.32 Å². The summed E-state index contributed by atoms with van der Waals surface area (Å²) in [5.74, 6) is 0. The van der Waals surface area contributed by atoms with Gasteiger partial charge in [0.1, 0.15) is 0 Å². The summed E-state index contributed by atoms with van der Waals surface area (Å²) in [4.78, 5) is 0. The highest BCUT2D eigenvalue weighted by Gasteiger charge is 2.36. The fraction of sp³-hybridized carbons (Fsp3) is 1.00. The summed E-state index contributed by atoms with van der Waals surface area (Å²) in [7, 11) is 3.82. The van der Waals surface area contributed by atoms with Gasteiger partial charge < -0.3 is 133 Å². The zero-order valence-corrected chi connectivity index (χ0v) is 52.3. The predicted molar refractivity (Wildman–Crippen MR) is 305 cm³/mol. The fourth-order valence-electron chi connectivity index (χ4n) is 6.28. The van der Waals surface area contributed by atoms with Crippen LogP contribution < -0.4 is 5.32 Å². The Labute approximate surface area is 497 Å². The van der Waals surface area contributed by atoms with E-state index in [-0.39, 0.29) is 6.61 Å². The molecule has 29 heteroatoms. The van der Waals surface area contributed by atoms with E-state index in [4.69, 9.17) is 122 Å². The van der Waals surface area contributed by atoms with Crippen molar-refractivity contribution in [2.75, 3.05) is 339 Å². The molecule has 0 radical (unpaired) electrons. The molecule has 0 aromatic rings. The van der Waals surface area contributed by atoms with Crippen LogP contribution in [0.5, 0.6) is 0 Å². The van der Waals surface area contributed by atoms with Crippen molar-refractivity contribution in [3.05, 3.63) is 0 Å². The van der Waals surface area contributed by atoms with Gasteiger partial charge in [-0.1, -0.05) is 0 Å². The van der Waals surface area contributed by atoms with E-state index >= 15 is 0 Å². The van der Waals surface area contributed by atoms with Gasteiger partial charge in [-0.3, -0.25) is 0 Å². The Kier molecular flexibility index (Phi) is 72.8. The average Bonchev–Trinajstić information content (AvgIpc) is 3.50. The lowest BCUT2D eigenvalue weighted by Crippen LogP contribution is -2.42. The third-order valence-electron chi connectivity index (χ3n) is 10.7. The number of methoxy groups -OCH3 is 1. The van der Waals surface area contributed by atoms with Crippen LogP contribution in [0.1, 0.15) is 6.42 Å². The maximum Gasteiger partial charge on any atom is 0.500 e. The Morgan fingerprint density at radius 3 is 0.639 bits per heavy atom. The van der Waals surface area contributed by atoms with Crippen LogP contribution in [0.15, 0.2) is 0 Å². The van der Waals surface area contributed by atoms with Gasteiger partial charge in [-0.2, -0.15) is 0 Å². The average molecular weight is 1240 g/mol. The number of hydrogen-bond donors (Lipinski definition) is 2. The molecule has 0 bridgehead atoms. The molecule has 0 fully saturated rings. The summed E-state index contributed by atoms with van der Waals surface area (Å²) in [6.07, 6.45) is 0.124. The normalized spacial score (nSPS) is 12.4. The van der Waals surface area contributed by atoms with Crippen LogP contribution >= 0.6 is 0 Å². The van der Waals surface area contributed by atoms with Crippen LogP contribution in [0.4, 0.5) is 0 Å². The molecule has 0 saturated carbocycles. The maximum absolute atomic E-state index is 10.1. The van der Waals surface area contributed by atoms with Crippen molar-refractivity contribution >= 4 is 8.80 Å². The zero-order chi connectivity index (χ0) is 59.8. The van der Waals surface area contributed by atoms with Crippen molar-refractivity contribution in [2.24, 2.45) is 0 Å². The summed E-state index contributed by atoms with van der Waals surface area (Å²) in [6.45, 7) is 23.1. The van der Waals surface area contributed by atoms with E-state index in [1.165, 1.54) is 0 Å². The van der Waals surface area contributed by atoms with E-state index in [1.54, 1.807) is 28.4 Å². The van der Waals surface area contributed by atoms with Crippen molar-refractivity contribution in [3.63, 3.8) is 0 Å². The second-order valence-corrected chi connectivity index (χ2v) is 20.3. The molecule has 1 unspecified atom stereocenters. The number of aliphatic hydroxyl groups excluding tert-OH is 1. The number of ether oxygens (including phenoxy) is 23. The van der Waals surface area contributed by atoms with Crippen LogP contribution in [0.25, 0.3) is 0 Å². The molecule has 0 heterocycles. The third-order valence-corrected chi connectivity index (χ3v) is 13.5. The van der Waals surface area contributed by atoms with Gasteiger partial charge in [0.15, 0.2) is 0 Å². The molecular formula is C54H113NO27Si. The van der Waals surface area contributed by atoms with Gasteiger partial charge in [0.05, 0.1) is 297 Å². The highest BCUT2D eigenvalue weighted by Crippen LogP contribution is 2.14. The maximum atomic E-state index is 10.1. The second-order valence-electron chi connectivity index (χ2n) is 17.2. The summed E-state index contributed by atoms with van der Waals surface area (Å²) in [5.41, 5.74) is 0. The molecule has 500 valence electrons. The Hall–Kier alpha value is -0.903. The number of nitrogens with one attached hydrogen (secondary N) is 1. The van der Waals surface area contributed by atoms with E-state index in [0.717, 1.165) is 6.42 Å². The monoisotopic (exact) mass is 1240 g/mol. The van der Waals surface area contributed by atoms with Gasteiger partial charge in [0.25, 0.3) is 0 Å². The molecule has 0 amide bonds. The van der Waals surface area contributed by atoms with Crippen LogP contribution in [0.3, 0.4) is 0 Å². The number of hydrogen-bond acceptors (Lipinski definition) is 28. The quantitative estimate of drug-likeness (QED) is 0.0609. The van der Waals surface area contributed by atoms with Crippen molar-refractivity contribution in [1.29, 1.82) is 0 Å². The van der Waals surface area contributed by atoms with Gasteiger partial charge >= 0.3 is 8.80 Å². The first kappa shape index (κ1) is 82.1. The predicted octanol–water partition coefficient (Wildman–Crippen LogP) is 0.217. The first-order chi connectivity index (χ1) is 41.1. The molecule has 0 aromatic heterocycles. The minimum absolute atomic E-state index is 0.246. The first-order valence-corrected chi connectivity index (χ1v) is 31.3. The molecular weight excluding hydrogens is 1120 g/mol. The van der Waals surface area contributed by atoms with Crippen LogP contribution in [0, 0.1) is 0 Å². The summed E-state index contributed by atoms with van der Waals surface area (Å²) >= 11 is 0. The van der Waals surface area contributed by atoms with Gasteiger partial charge in [0, 0.05) is 54.2 Å². The lowest BCUT2D eigenvalue weighted by atomic mass is 10.4. The van der Waals surface area contributed by atoms with E-state index in [1.807, 2.05) is 0 Å². The molecule has 2 N–H and O–H groups in total. The van der Waals surface area contributed by atoms with Crippen molar-refractivity contribution in [3.8, 4) is 0 Å². The molecule has 0 saturated heterocycles. The standard InChI is InChI=1S/C54H113NO27Si/c1-57-9-10-62-13-14-64-17-18-66-21-22-68-25-26-70-29-30-72-33-34-74-37-38-76-41-42-78-45-46-80-49-50-81-48-47-79-44-43-77-40-39-75-36-35-73-32-31-71-28-27-69-24-23-67-20-19-65-16-15-63-12-11-61-8-6-55-52-54(56)53-82-7-5-51-83(58-2,59-3)60-4/h54-56H,5-53H2,1-4H3. The smallest absolute Gasteiger partial charge is 0.389 e. The molecule has 0 aliphatic heterocycles. The summed E-state index contributed by atoms with van der Waals surface area (Å²) in [6, 6.07) is 0.652. The molecule has 28 nitrogen and oxygen atoms in total. The van der Waals surface area contributed by atoms with Crippen LogP contribution in [0.2, 0.25) is 6.04 Å². The lowest BCUT2D eigenvalue weighted by Gasteiger charge is -2.24. The van der Waals surface area contributed by atoms with E-state index in [9.17, 15) is 5.11 Å². The van der Waals surface area contributed by atoms with Gasteiger partial charge in [-0.15, -0.1) is 0 Å².